The Hall–Kier alpha value is -2.13. The molecule has 6 nitrogen and oxygen atoms in total. The fraction of sp³-hybridized carbons (Fsp3) is 0.600. The highest BCUT2D eigenvalue weighted by atomic mass is 19.4. The smallest absolute Gasteiger partial charge is 0.416 e. The number of nitrogens with zero attached hydrogens (tertiary/aromatic N) is 2. The number of esters is 1. The van der Waals surface area contributed by atoms with Crippen molar-refractivity contribution in [3.8, 4) is 0 Å². The van der Waals surface area contributed by atoms with Crippen LogP contribution in [0.5, 0.6) is 0 Å². The first-order valence-electron chi connectivity index (χ1n) is 9.67. The largest absolute Gasteiger partial charge is 0.469 e. The Bertz CT molecular complexity index is 739. The molecule has 9 heteroatoms. The number of likely N-dealkylation sites (N-methyl/N-ethyl adjacent to an activating group) is 1. The molecule has 2 saturated heterocycles. The summed E-state index contributed by atoms with van der Waals surface area (Å²) in [4.78, 5) is 28.4. The maximum absolute atomic E-state index is 12.8. The van der Waals surface area contributed by atoms with Crippen LogP contribution in [0, 0.1) is 0 Å². The number of benzene rings is 1. The van der Waals surface area contributed by atoms with Crippen LogP contribution >= 0.6 is 0 Å². The summed E-state index contributed by atoms with van der Waals surface area (Å²) in [6.07, 6.45) is -2.70. The van der Waals surface area contributed by atoms with Gasteiger partial charge in [-0.2, -0.15) is 13.2 Å². The summed E-state index contributed by atoms with van der Waals surface area (Å²) in [6, 6.07) is 4.73. The number of methoxy groups -OCH3 is 1. The third-order valence-electron chi connectivity index (χ3n) is 5.93. The van der Waals surface area contributed by atoms with E-state index in [2.05, 4.69) is 10.2 Å². The molecule has 0 saturated carbocycles. The first kappa shape index (κ1) is 21.6. The number of amides is 1. The third kappa shape index (κ3) is 4.90. The average molecular weight is 413 g/mol. The minimum atomic E-state index is -4.36. The summed E-state index contributed by atoms with van der Waals surface area (Å²) in [6.45, 7) is 1.54. The van der Waals surface area contributed by atoms with E-state index in [1.807, 2.05) is 11.9 Å². The van der Waals surface area contributed by atoms with Gasteiger partial charge < -0.3 is 10.1 Å². The van der Waals surface area contributed by atoms with Crippen molar-refractivity contribution in [1.29, 1.82) is 0 Å². The fourth-order valence-electron chi connectivity index (χ4n) is 4.25. The zero-order valence-electron chi connectivity index (χ0n) is 16.5. The Morgan fingerprint density at radius 1 is 1.28 bits per heavy atom. The van der Waals surface area contributed by atoms with Gasteiger partial charge in [-0.15, -0.1) is 0 Å². The molecule has 2 aliphatic heterocycles. The van der Waals surface area contributed by atoms with Gasteiger partial charge in [0.25, 0.3) is 0 Å². The predicted octanol–water partition coefficient (Wildman–Crippen LogP) is 2.03. The zero-order valence-corrected chi connectivity index (χ0v) is 16.5. The maximum atomic E-state index is 12.8. The van der Waals surface area contributed by atoms with E-state index in [0.29, 0.717) is 26.1 Å². The second kappa shape index (κ2) is 8.71. The summed E-state index contributed by atoms with van der Waals surface area (Å²) >= 11 is 0. The number of ether oxygens (including phenoxy) is 1. The van der Waals surface area contributed by atoms with Gasteiger partial charge in [0.1, 0.15) is 6.04 Å². The molecule has 160 valence electrons. The highest BCUT2D eigenvalue weighted by Crippen LogP contribution is 2.31. The molecular formula is C20H26F3N3O3. The molecule has 3 atom stereocenters. The van der Waals surface area contributed by atoms with Crippen molar-refractivity contribution in [2.45, 2.75) is 50.1 Å². The van der Waals surface area contributed by atoms with E-state index >= 15 is 0 Å². The molecule has 1 N–H and O–H groups in total. The highest BCUT2D eigenvalue weighted by molar-refractivity contribution is 5.83. The molecular weight excluding hydrogens is 387 g/mol. The molecule has 3 rings (SSSR count). The van der Waals surface area contributed by atoms with Crippen molar-refractivity contribution in [3.63, 3.8) is 0 Å². The average Bonchev–Trinajstić information content (AvgIpc) is 3.05. The molecule has 0 spiro atoms. The van der Waals surface area contributed by atoms with Crippen LogP contribution in [-0.2, 0) is 27.0 Å². The standard InChI is InChI=1S/C20H26F3N3O3/c1-25-15(7-8-17(27)29-2)11-24-19(28)18-16(25)9-10-26(18)12-13-3-5-14(6-4-13)20(21,22)23/h3-6,15-16,18H,7-12H2,1-2H3,(H,24,28)/t15-,16-,18-/m0/s1. The second-order valence-corrected chi connectivity index (χ2v) is 7.65. The Kier molecular flexibility index (Phi) is 6.48. The lowest BCUT2D eigenvalue weighted by Crippen LogP contribution is -2.49. The van der Waals surface area contributed by atoms with Crippen molar-refractivity contribution in [2.75, 3.05) is 27.2 Å². The van der Waals surface area contributed by atoms with Gasteiger partial charge in [-0.1, -0.05) is 12.1 Å². The maximum Gasteiger partial charge on any atom is 0.416 e. The van der Waals surface area contributed by atoms with Crippen molar-refractivity contribution >= 4 is 11.9 Å². The Morgan fingerprint density at radius 2 is 1.97 bits per heavy atom. The van der Waals surface area contributed by atoms with Gasteiger partial charge in [0.05, 0.1) is 12.7 Å². The molecule has 0 radical (unpaired) electrons. The number of likely N-dealkylation sites (tertiary alicyclic amines) is 1. The second-order valence-electron chi connectivity index (χ2n) is 7.65. The van der Waals surface area contributed by atoms with Crippen molar-refractivity contribution in [3.05, 3.63) is 35.4 Å². The van der Waals surface area contributed by atoms with E-state index in [9.17, 15) is 22.8 Å². The van der Waals surface area contributed by atoms with E-state index < -0.39 is 11.7 Å². The lowest BCUT2D eigenvalue weighted by molar-refractivity contribution is -0.141. The van der Waals surface area contributed by atoms with Gasteiger partial charge >= 0.3 is 12.1 Å². The molecule has 1 amide bonds. The SMILES string of the molecule is COC(=O)CC[C@H]1CNC(=O)[C@@H]2[C@H](CCN2Cc2ccc(C(F)(F)F)cc2)N1C. The van der Waals surface area contributed by atoms with Crippen LogP contribution in [0.4, 0.5) is 13.2 Å². The minimum Gasteiger partial charge on any atom is -0.469 e. The number of carbonyl (C=O) groups is 2. The van der Waals surface area contributed by atoms with Gasteiger partial charge in [0.2, 0.25) is 5.91 Å². The molecule has 0 unspecified atom stereocenters. The van der Waals surface area contributed by atoms with Crippen molar-refractivity contribution < 1.29 is 27.5 Å². The summed E-state index contributed by atoms with van der Waals surface area (Å²) in [5, 5.41) is 2.96. The predicted molar refractivity (Wildman–Crippen MR) is 99.9 cm³/mol. The molecule has 29 heavy (non-hydrogen) atoms. The first-order valence-corrected chi connectivity index (χ1v) is 9.67. The van der Waals surface area contributed by atoms with Gasteiger partial charge in [0, 0.05) is 38.1 Å². The topological polar surface area (TPSA) is 61.9 Å². The lowest BCUT2D eigenvalue weighted by atomic mass is 10.0. The summed E-state index contributed by atoms with van der Waals surface area (Å²) in [5.74, 6) is -0.354. The fourth-order valence-corrected chi connectivity index (χ4v) is 4.25. The van der Waals surface area contributed by atoms with E-state index in [-0.39, 0.29) is 36.4 Å². The number of rotatable bonds is 5. The molecule has 1 aromatic carbocycles. The first-order chi connectivity index (χ1) is 13.7. The van der Waals surface area contributed by atoms with Crippen molar-refractivity contribution in [2.24, 2.45) is 0 Å². The molecule has 0 aromatic heterocycles. The highest BCUT2D eigenvalue weighted by Gasteiger charge is 2.45. The number of carbonyl (C=O) groups excluding carboxylic acids is 2. The van der Waals surface area contributed by atoms with Gasteiger partial charge in [-0.3, -0.25) is 19.4 Å². The quantitative estimate of drug-likeness (QED) is 0.749. The number of nitrogens with one attached hydrogen (secondary N) is 1. The van der Waals surface area contributed by atoms with E-state index in [1.54, 1.807) is 0 Å². The summed E-state index contributed by atoms with van der Waals surface area (Å²) < 4.78 is 43.0. The number of alkyl halides is 3. The summed E-state index contributed by atoms with van der Waals surface area (Å²) in [7, 11) is 3.31. The number of hydrogen-bond donors (Lipinski definition) is 1. The van der Waals surface area contributed by atoms with Gasteiger partial charge in [-0.05, 0) is 37.6 Å². The molecule has 2 heterocycles. The van der Waals surface area contributed by atoms with Crippen molar-refractivity contribution in [1.82, 2.24) is 15.1 Å². The molecule has 2 aliphatic rings. The van der Waals surface area contributed by atoms with Crippen LogP contribution in [-0.4, -0.2) is 67.0 Å². The van der Waals surface area contributed by atoms with E-state index in [1.165, 1.54) is 19.2 Å². The van der Waals surface area contributed by atoms with Gasteiger partial charge in [0.15, 0.2) is 0 Å². The normalized spacial score (nSPS) is 26.0. The molecule has 1 aromatic rings. The monoisotopic (exact) mass is 413 g/mol. The van der Waals surface area contributed by atoms with Crippen LogP contribution in [0.1, 0.15) is 30.4 Å². The Labute approximate surface area is 168 Å². The van der Waals surface area contributed by atoms with Crippen LogP contribution < -0.4 is 5.32 Å². The van der Waals surface area contributed by atoms with Crippen LogP contribution in [0.15, 0.2) is 24.3 Å². The number of fused-ring (bicyclic) bond motifs is 1. The van der Waals surface area contributed by atoms with Crippen LogP contribution in [0.25, 0.3) is 0 Å². The third-order valence-corrected chi connectivity index (χ3v) is 5.93. The van der Waals surface area contributed by atoms with Crippen LogP contribution in [0.3, 0.4) is 0 Å². The number of halogens is 3. The Balaban J connectivity index is 1.68. The van der Waals surface area contributed by atoms with Crippen LogP contribution in [0.2, 0.25) is 0 Å². The van der Waals surface area contributed by atoms with Gasteiger partial charge in [-0.25, -0.2) is 0 Å². The van der Waals surface area contributed by atoms with E-state index in [4.69, 9.17) is 4.74 Å². The number of hydrogen-bond acceptors (Lipinski definition) is 5. The Morgan fingerprint density at radius 3 is 2.59 bits per heavy atom. The van der Waals surface area contributed by atoms with E-state index in [0.717, 1.165) is 24.1 Å². The summed E-state index contributed by atoms with van der Waals surface area (Å²) in [5.41, 5.74) is 0.0570. The zero-order chi connectivity index (χ0) is 21.2. The lowest BCUT2D eigenvalue weighted by Gasteiger charge is -2.33. The molecule has 0 bridgehead atoms. The molecule has 0 aliphatic carbocycles. The minimum absolute atomic E-state index is 0.00500. The molecule has 2 fully saturated rings.